The highest BCUT2D eigenvalue weighted by atomic mass is 16.5. The molecule has 0 spiro atoms. The Bertz CT molecular complexity index is 356. The summed E-state index contributed by atoms with van der Waals surface area (Å²) < 4.78 is 5.74. The van der Waals surface area contributed by atoms with Crippen LogP contribution >= 0.6 is 0 Å². The predicted octanol–water partition coefficient (Wildman–Crippen LogP) is 3.93. The molecule has 2 nitrogen and oxygen atoms in total. The largest absolute Gasteiger partial charge is 0.492 e. The predicted molar refractivity (Wildman–Crippen MR) is 80.7 cm³/mol. The summed E-state index contributed by atoms with van der Waals surface area (Å²) in [6.45, 7) is 4.97. The van der Waals surface area contributed by atoms with E-state index in [0.717, 1.165) is 31.4 Å². The number of ether oxygens (including phenoxy) is 1. The Labute approximate surface area is 117 Å². The second kappa shape index (κ2) is 8.21. The molecule has 0 aromatic heterocycles. The van der Waals surface area contributed by atoms with Crippen LogP contribution in [0.15, 0.2) is 24.3 Å². The van der Waals surface area contributed by atoms with Crippen LogP contribution in [0.4, 0.5) is 0 Å². The van der Waals surface area contributed by atoms with Gasteiger partial charge in [0.05, 0.1) is 0 Å². The van der Waals surface area contributed by atoms with Crippen molar-refractivity contribution in [2.45, 2.75) is 45.4 Å². The zero-order valence-electron chi connectivity index (χ0n) is 12.2. The van der Waals surface area contributed by atoms with Crippen LogP contribution in [0.3, 0.4) is 0 Å². The molecule has 0 unspecified atom stereocenters. The van der Waals surface area contributed by atoms with Crippen molar-refractivity contribution in [1.82, 2.24) is 5.32 Å². The van der Waals surface area contributed by atoms with Gasteiger partial charge >= 0.3 is 0 Å². The molecule has 0 amide bonds. The molecule has 1 aromatic rings. The first-order chi connectivity index (χ1) is 9.34. The standard InChI is InChI=1S/C17H27NO/c1-15-7-6-10-17(13-15)19-12-11-18-14-16-8-4-2-3-5-9-16/h6-7,10,13,16,18H,2-5,8-9,11-12,14H2,1H3. The molecule has 1 aromatic carbocycles. The van der Waals surface area contributed by atoms with Gasteiger partial charge in [-0.25, -0.2) is 0 Å². The van der Waals surface area contributed by atoms with Crippen LogP contribution in [0.2, 0.25) is 0 Å². The number of hydrogen-bond donors (Lipinski definition) is 1. The molecule has 1 fully saturated rings. The van der Waals surface area contributed by atoms with E-state index in [4.69, 9.17) is 4.74 Å². The van der Waals surface area contributed by atoms with E-state index >= 15 is 0 Å². The lowest BCUT2D eigenvalue weighted by molar-refractivity contribution is 0.305. The highest BCUT2D eigenvalue weighted by molar-refractivity contribution is 5.27. The molecule has 0 aliphatic heterocycles. The second-order valence-electron chi connectivity index (χ2n) is 5.73. The van der Waals surface area contributed by atoms with E-state index in [0.29, 0.717) is 0 Å². The maximum atomic E-state index is 5.74. The van der Waals surface area contributed by atoms with Gasteiger partial charge in [0.1, 0.15) is 12.4 Å². The Morgan fingerprint density at radius 1 is 1.16 bits per heavy atom. The normalized spacial score (nSPS) is 17.1. The van der Waals surface area contributed by atoms with Gasteiger partial charge in [-0.2, -0.15) is 0 Å². The number of hydrogen-bond acceptors (Lipinski definition) is 2. The van der Waals surface area contributed by atoms with Crippen molar-refractivity contribution < 1.29 is 4.74 Å². The lowest BCUT2D eigenvalue weighted by Gasteiger charge is -2.15. The van der Waals surface area contributed by atoms with Crippen LogP contribution in [-0.4, -0.2) is 19.7 Å². The van der Waals surface area contributed by atoms with Crippen LogP contribution in [-0.2, 0) is 0 Å². The van der Waals surface area contributed by atoms with Gasteiger partial charge in [0.25, 0.3) is 0 Å². The van der Waals surface area contributed by atoms with Crippen LogP contribution in [0.5, 0.6) is 5.75 Å². The summed E-state index contributed by atoms with van der Waals surface area (Å²) in [6, 6.07) is 8.25. The maximum Gasteiger partial charge on any atom is 0.119 e. The van der Waals surface area contributed by atoms with E-state index < -0.39 is 0 Å². The van der Waals surface area contributed by atoms with Crippen LogP contribution in [0.1, 0.15) is 44.1 Å². The Balaban J connectivity index is 1.56. The van der Waals surface area contributed by atoms with E-state index in [-0.39, 0.29) is 0 Å². The first kappa shape index (κ1) is 14.4. The van der Waals surface area contributed by atoms with Crippen LogP contribution in [0, 0.1) is 12.8 Å². The van der Waals surface area contributed by atoms with Gasteiger partial charge in [0.2, 0.25) is 0 Å². The minimum absolute atomic E-state index is 0.760. The fourth-order valence-electron chi connectivity index (χ4n) is 2.82. The van der Waals surface area contributed by atoms with Crippen LogP contribution in [0.25, 0.3) is 0 Å². The Morgan fingerprint density at radius 3 is 2.68 bits per heavy atom. The zero-order chi connectivity index (χ0) is 13.3. The molecule has 0 heterocycles. The summed E-state index contributed by atoms with van der Waals surface area (Å²) in [5, 5.41) is 3.54. The van der Waals surface area contributed by atoms with Crippen molar-refractivity contribution in [3.8, 4) is 5.75 Å². The topological polar surface area (TPSA) is 21.3 Å². The van der Waals surface area contributed by atoms with Crippen molar-refractivity contribution in [3.63, 3.8) is 0 Å². The monoisotopic (exact) mass is 261 g/mol. The first-order valence-electron chi connectivity index (χ1n) is 7.75. The zero-order valence-corrected chi connectivity index (χ0v) is 12.2. The Morgan fingerprint density at radius 2 is 1.95 bits per heavy atom. The molecule has 1 aliphatic carbocycles. The summed E-state index contributed by atoms with van der Waals surface area (Å²) in [5.41, 5.74) is 1.25. The molecule has 106 valence electrons. The average Bonchev–Trinajstić information content (AvgIpc) is 2.67. The highest BCUT2D eigenvalue weighted by Gasteiger charge is 2.11. The Kier molecular flexibility index (Phi) is 6.22. The van der Waals surface area contributed by atoms with Crippen molar-refractivity contribution in [1.29, 1.82) is 0 Å². The van der Waals surface area contributed by atoms with Crippen molar-refractivity contribution >= 4 is 0 Å². The van der Waals surface area contributed by atoms with E-state index in [1.807, 2.05) is 12.1 Å². The quantitative estimate of drug-likeness (QED) is 0.619. The van der Waals surface area contributed by atoms with Gasteiger partial charge in [-0.15, -0.1) is 0 Å². The molecule has 2 rings (SSSR count). The molecule has 2 heteroatoms. The number of nitrogens with one attached hydrogen (secondary N) is 1. The fourth-order valence-corrected chi connectivity index (χ4v) is 2.82. The molecular formula is C17H27NO. The van der Waals surface area contributed by atoms with E-state index in [9.17, 15) is 0 Å². The van der Waals surface area contributed by atoms with Crippen LogP contribution < -0.4 is 10.1 Å². The van der Waals surface area contributed by atoms with Gasteiger partial charge in [0, 0.05) is 6.54 Å². The lowest BCUT2D eigenvalue weighted by Crippen LogP contribution is -2.27. The molecule has 1 aliphatic rings. The third kappa shape index (κ3) is 5.65. The molecule has 19 heavy (non-hydrogen) atoms. The van der Waals surface area contributed by atoms with Gasteiger partial charge in [-0.3, -0.25) is 0 Å². The van der Waals surface area contributed by atoms with Crippen molar-refractivity contribution in [3.05, 3.63) is 29.8 Å². The third-order valence-corrected chi connectivity index (χ3v) is 3.94. The van der Waals surface area contributed by atoms with E-state index in [2.05, 4.69) is 24.4 Å². The maximum absolute atomic E-state index is 5.74. The summed E-state index contributed by atoms with van der Waals surface area (Å²) >= 11 is 0. The molecule has 0 radical (unpaired) electrons. The average molecular weight is 261 g/mol. The summed E-state index contributed by atoms with van der Waals surface area (Å²) in [4.78, 5) is 0. The third-order valence-electron chi connectivity index (χ3n) is 3.94. The first-order valence-corrected chi connectivity index (χ1v) is 7.75. The SMILES string of the molecule is Cc1cccc(OCCNCC2CCCCCC2)c1. The van der Waals surface area contributed by atoms with Gasteiger partial charge in [-0.05, 0) is 49.9 Å². The smallest absolute Gasteiger partial charge is 0.119 e. The minimum atomic E-state index is 0.760. The molecule has 1 saturated carbocycles. The van der Waals surface area contributed by atoms with Gasteiger partial charge in [-0.1, -0.05) is 37.8 Å². The lowest BCUT2D eigenvalue weighted by atomic mass is 10.0. The minimum Gasteiger partial charge on any atom is -0.492 e. The Hall–Kier alpha value is -1.02. The highest BCUT2D eigenvalue weighted by Crippen LogP contribution is 2.21. The van der Waals surface area contributed by atoms with Crippen molar-refractivity contribution in [2.24, 2.45) is 5.92 Å². The number of benzene rings is 1. The molecule has 0 atom stereocenters. The summed E-state index contributed by atoms with van der Waals surface area (Å²) in [7, 11) is 0. The molecular weight excluding hydrogens is 234 g/mol. The number of aryl methyl sites for hydroxylation is 1. The van der Waals surface area contributed by atoms with Crippen molar-refractivity contribution in [2.75, 3.05) is 19.7 Å². The second-order valence-corrected chi connectivity index (χ2v) is 5.73. The summed E-state index contributed by atoms with van der Waals surface area (Å²) in [5.74, 6) is 1.87. The van der Waals surface area contributed by atoms with Gasteiger partial charge in [0.15, 0.2) is 0 Å². The molecule has 1 N–H and O–H groups in total. The van der Waals surface area contributed by atoms with E-state index in [1.165, 1.54) is 44.1 Å². The van der Waals surface area contributed by atoms with Gasteiger partial charge < -0.3 is 10.1 Å². The number of rotatable bonds is 6. The summed E-state index contributed by atoms with van der Waals surface area (Å²) in [6.07, 6.45) is 8.54. The van der Waals surface area contributed by atoms with E-state index in [1.54, 1.807) is 0 Å². The fraction of sp³-hybridized carbons (Fsp3) is 0.647. The molecule has 0 saturated heterocycles. The molecule has 0 bridgehead atoms.